The Kier molecular flexibility index (Phi) is 8.23. The first kappa shape index (κ1) is 24.7. The Labute approximate surface area is 213 Å². The highest BCUT2D eigenvalue weighted by Gasteiger charge is 2.31. The number of hydrogen-bond donors (Lipinski definition) is 2. The molecule has 0 saturated carbocycles. The molecule has 0 radical (unpaired) electrons. The third-order valence-corrected chi connectivity index (χ3v) is 6.50. The molecule has 0 bridgehead atoms. The number of benzene rings is 1. The van der Waals surface area contributed by atoms with Crippen LogP contribution in [-0.4, -0.2) is 55.0 Å². The third-order valence-electron chi connectivity index (χ3n) is 5.49. The van der Waals surface area contributed by atoms with Gasteiger partial charge in [0.05, 0.1) is 47.3 Å². The van der Waals surface area contributed by atoms with Crippen LogP contribution >= 0.6 is 35.4 Å². The monoisotopic (exact) mass is 522 g/mol. The van der Waals surface area contributed by atoms with Gasteiger partial charge in [-0.3, -0.25) is 9.78 Å². The van der Waals surface area contributed by atoms with Crippen molar-refractivity contribution in [2.45, 2.75) is 19.1 Å². The molecule has 1 unspecified atom stereocenters. The zero-order valence-electron chi connectivity index (χ0n) is 18.3. The lowest BCUT2D eigenvalue weighted by atomic mass is 10.0. The zero-order chi connectivity index (χ0) is 24.1. The first-order valence-corrected chi connectivity index (χ1v) is 11.9. The Bertz CT molecular complexity index is 1110. The number of halogens is 2. The number of ether oxygens (including phenoxy) is 3. The molecular weight excluding hydrogens is 499 g/mol. The molecule has 11 heteroatoms. The molecule has 34 heavy (non-hydrogen) atoms. The summed E-state index contributed by atoms with van der Waals surface area (Å²) in [4.78, 5) is 19.0. The number of anilines is 1. The molecule has 1 amide bonds. The first-order chi connectivity index (χ1) is 16.5. The SMILES string of the molecule is NC(=S)C1=C(NCc2ccncc2OCC2COCCO2)CCN(c2cccc(Cl)c2Cl)C1=O. The van der Waals surface area contributed by atoms with Crippen molar-refractivity contribution >= 4 is 52.0 Å². The van der Waals surface area contributed by atoms with Crippen molar-refractivity contribution < 1.29 is 19.0 Å². The molecule has 1 atom stereocenters. The van der Waals surface area contributed by atoms with Gasteiger partial charge in [-0.15, -0.1) is 0 Å². The van der Waals surface area contributed by atoms with Crippen LogP contribution in [0.4, 0.5) is 5.69 Å². The molecule has 4 rings (SSSR count). The van der Waals surface area contributed by atoms with Gasteiger partial charge >= 0.3 is 0 Å². The van der Waals surface area contributed by atoms with Gasteiger partial charge in [0.2, 0.25) is 0 Å². The number of hydrogen-bond acceptors (Lipinski definition) is 7. The van der Waals surface area contributed by atoms with Gasteiger partial charge in [-0.2, -0.15) is 0 Å². The molecule has 1 aromatic carbocycles. The average molecular weight is 523 g/mol. The Hall–Kier alpha value is -2.43. The highest BCUT2D eigenvalue weighted by molar-refractivity contribution is 7.80. The van der Waals surface area contributed by atoms with E-state index in [1.54, 1.807) is 35.5 Å². The number of nitrogens with two attached hydrogens (primary N) is 1. The fourth-order valence-electron chi connectivity index (χ4n) is 3.78. The summed E-state index contributed by atoms with van der Waals surface area (Å²) < 4.78 is 17.0. The smallest absolute Gasteiger partial charge is 0.263 e. The summed E-state index contributed by atoms with van der Waals surface area (Å²) in [5.74, 6) is 0.294. The topological polar surface area (TPSA) is 98.9 Å². The second-order valence-electron chi connectivity index (χ2n) is 7.71. The van der Waals surface area contributed by atoms with E-state index in [0.29, 0.717) is 73.1 Å². The maximum absolute atomic E-state index is 13.3. The van der Waals surface area contributed by atoms with Gasteiger partial charge in [-0.1, -0.05) is 41.5 Å². The quantitative estimate of drug-likeness (QED) is 0.509. The molecule has 8 nitrogen and oxygen atoms in total. The Morgan fingerprint density at radius 1 is 1.32 bits per heavy atom. The van der Waals surface area contributed by atoms with Crippen LogP contribution in [0.25, 0.3) is 0 Å². The molecule has 1 saturated heterocycles. The maximum atomic E-state index is 13.3. The van der Waals surface area contributed by atoms with Gasteiger partial charge in [0.25, 0.3) is 5.91 Å². The molecular formula is C23H24Cl2N4O4S. The average Bonchev–Trinajstić information content (AvgIpc) is 2.84. The predicted molar refractivity (Wildman–Crippen MR) is 134 cm³/mol. The van der Waals surface area contributed by atoms with Crippen LogP contribution in [0, 0.1) is 0 Å². The fourth-order valence-corrected chi connectivity index (χ4v) is 4.39. The van der Waals surface area contributed by atoms with Gasteiger partial charge in [-0.25, -0.2) is 0 Å². The second kappa shape index (κ2) is 11.3. The zero-order valence-corrected chi connectivity index (χ0v) is 20.6. The minimum Gasteiger partial charge on any atom is -0.489 e. The summed E-state index contributed by atoms with van der Waals surface area (Å²) in [7, 11) is 0. The molecule has 2 aliphatic heterocycles. The van der Waals surface area contributed by atoms with E-state index in [2.05, 4.69) is 10.3 Å². The van der Waals surface area contributed by atoms with Crippen LogP contribution in [0.1, 0.15) is 12.0 Å². The van der Waals surface area contributed by atoms with Crippen molar-refractivity contribution in [3.05, 3.63) is 63.5 Å². The summed E-state index contributed by atoms with van der Waals surface area (Å²) in [5.41, 5.74) is 8.26. The fraction of sp³-hybridized carbons (Fsp3) is 0.348. The molecule has 1 aromatic heterocycles. The van der Waals surface area contributed by atoms with E-state index < -0.39 is 0 Å². The number of aromatic nitrogens is 1. The first-order valence-electron chi connectivity index (χ1n) is 10.7. The van der Waals surface area contributed by atoms with Crippen molar-refractivity contribution in [1.82, 2.24) is 10.3 Å². The standard InChI is InChI=1S/C23H24Cl2N4O4S/c24-16-2-1-3-18(21(16)25)29-7-5-17(20(22(26)34)23(29)30)28-10-14-4-6-27-11-19(14)33-13-15-12-31-8-9-32-15/h1-4,6,11,15,28H,5,7-10,12-13H2,(H2,26,34). The molecule has 1 fully saturated rings. The second-order valence-corrected chi connectivity index (χ2v) is 8.94. The summed E-state index contributed by atoms with van der Waals surface area (Å²) in [5, 5.41) is 3.99. The number of pyridine rings is 1. The summed E-state index contributed by atoms with van der Waals surface area (Å²) in [6.07, 6.45) is 3.72. The molecule has 3 N–H and O–H groups in total. The van der Waals surface area contributed by atoms with Crippen molar-refractivity contribution in [2.24, 2.45) is 5.73 Å². The van der Waals surface area contributed by atoms with Crippen LogP contribution in [0.15, 0.2) is 47.9 Å². The van der Waals surface area contributed by atoms with E-state index in [-0.39, 0.29) is 22.6 Å². The van der Waals surface area contributed by atoms with Gasteiger partial charge in [0, 0.05) is 37.0 Å². The van der Waals surface area contributed by atoms with Crippen LogP contribution in [0.3, 0.4) is 0 Å². The van der Waals surface area contributed by atoms with Gasteiger partial charge in [0.1, 0.15) is 23.4 Å². The lowest BCUT2D eigenvalue weighted by molar-refractivity contribution is -0.115. The Morgan fingerprint density at radius 3 is 2.94 bits per heavy atom. The van der Waals surface area contributed by atoms with Gasteiger partial charge < -0.3 is 30.2 Å². The minimum absolute atomic E-state index is 0.0102. The highest BCUT2D eigenvalue weighted by atomic mass is 35.5. The summed E-state index contributed by atoms with van der Waals surface area (Å²) in [6, 6.07) is 7.00. The maximum Gasteiger partial charge on any atom is 0.263 e. The van der Waals surface area contributed by atoms with Crippen molar-refractivity contribution in [1.29, 1.82) is 0 Å². The predicted octanol–water partition coefficient (Wildman–Crippen LogP) is 3.25. The van der Waals surface area contributed by atoms with E-state index in [9.17, 15) is 4.79 Å². The molecule has 0 aliphatic carbocycles. The largest absolute Gasteiger partial charge is 0.489 e. The van der Waals surface area contributed by atoms with Gasteiger partial charge in [-0.05, 0) is 18.2 Å². The van der Waals surface area contributed by atoms with Crippen LogP contribution in [-0.2, 0) is 20.8 Å². The number of nitrogens with one attached hydrogen (secondary N) is 1. The Morgan fingerprint density at radius 2 is 2.18 bits per heavy atom. The minimum atomic E-state index is -0.328. The van der Waals surface area contributed by atoms with E-state index >= 15 is 0 Å². The molecule has 180 valence electrons. The van der Waals surface area contributed by atoms with E-state index in [1.165, 1.54) is 0 Å². The van der Waals surface area contributed by atoms with E-state index in [0.717, 1.165) is 5.56 Å². The third kappa shape index (κ3) is 5.61. The normalized spacial score (nSPS) is 18.7. The van der Waals surface area contributed by atoms with Crippen molar-refractivity contribution in [3.8, 4) is 5.75 Å². The summed E-state index contributed by atoms with van der Waals surface area (Å²) in [6.45, 7) is 2.79. The van der Waals surface area contributed by atoms with E-state index in [4.69, 9.17) is 55.4 Å². The number of rotatable bonds is 8. The van der Waals surface area contributed by atoms with Crippen molar-refractivity contribution in [2.75, 3.05) is 37.9 Å². The molecule has 2 aliphatic rings. The highest BCUT2D eigenvalue weighted by Crippen LogP contribution is 2.35. The molecule has 3 heterocycles. The number of thiocarbonyl (C=S) groups is 1. The van der Waals surface area contributed by atoms with Crippen LogP contribution in [0.5, 0.6) is 5.75 Å². The number of nitrogens with zero attached hydrogens (tertiary/aromatic N) is 2. The summed E-state index contributed by atoms with van der Waals surface area (Å²) >= 11 is 17.7. The van der Waals surface area contributed by atoms with Crippen molar-refractivity contribution in [3.63, 3.8) is 0 Å². The molecule has 0 spiro atoms. The lowest BCUT2D eigenvalue weighted by Crippen LogP contribution is -2.43. The molecule has 2 aromatic rings. The van der Waals surface area contributed by atoms with Crippen LogP contribution in [0.2, 0.25) is 10.0 Å². The lowest BCUT2D eigenvalue weighted by Gasteiger charge is -2.31. The van der Waals surface area contributed by atoms with E-state index in [1.807, 2.05) is 6.07 Å². The number of amides is 1. The van der Waals surface area contributed by atoms with Gasteiger partial charge in [0.15, 0.2) is 0 Å². The number of carbonyl (C=O) groups excluding carboxylic acids is 1. The number of carbonyl (C=O) groups is 1. The van der Waals surface area contributed by atoms with Crippen LogP contribution < -0.4 is 20.7 Å². The Balaban J connectivity index is 1.49.